The van der Waals surface area contributed by atoms with Gasteiger partial charge < -0.3 is 15.1 Å². The molecule has 26 heavy (non-hydrogen) atoms. The van der Waals surface area contributed by atoms with Gasteiger partial charge in [-0.2, -0.15) is 13.2 Å². The first-order valence-electron chi connectivity index (χ1n) is 8.21. The summed E-state index contributed by atoms with van der Waals surface area (Å²) < 4.78 is 38.5. The molecule has 1 saturated heterocycles. The summed E-state index contributed by atoms with van der Waals surface area (Å²) in [6, 6.07) is 4.26. The van der Waals surface area contributed by atoms with E-state index in [4.69, 9.17) is 0 Å². The van der Waals surface area contributed by atoms with E-state index in [9.17, 15) is 18.0 Å². The average molecular weight is 384 g/mol. The lowest BCUT2D eigenvalue weighted by atomic mass is 10.1. The summed E-state index contributed by atoms with van der Waals surface area (Å²) in [5, 5.41) is 5.62. The van der Waals surface area contributed by atoms with Crippen molar-refractivity contribution in [2.24, 2.45) is 0 Å². The summed E-state index contributed by atoms with van der Waals surface area (Å²) in [6.45, 7) is 4.12. The summed E-state index contributed by atoms with van der Waals surface area (Å²) in [5.74, 6) is 0. The largest absolute Gasteiger partial charge is 0.416 e. The van der Waals surface area contributed by atoms with Crippen molar-refractivity contribution in [3.05, 3.63) is 47.0 Å². The molecule has 1 aromatic heterocycles. The van der Waals surface area contributed by atoms with E-state index < -0.39 is 17.8 Å². The molecule has 1 unspecified atom stereocenters. The molecule has 1 aromatic carbocycles. The van der Waals surface area contributed by atoms with Crippen LogP contribution in [0.3, 0.4) is 0 Å². The summed E-state index contributed by atoms with van der Waals surface area (Å²) in [7, 11) is 0. The molecule has 1 fully saturated rings. The normalized spacial score (nSPS) is 16.5. The van der Waals surface area contributed by atoms with Crippen molar-refractivity contribution >= 4 is 22.5 Å². The fourth-order valence-corrected chi connectivity index (χ4v) is 3.51. The molecule has 5 nitrogen and oxygen atoms in total. The predicted octanol–water partition coefficient (Wildman–Crippen LogP) is 3.75. The van der Waals surface area contributed by atoms with E-state index >= 15 is 0 Å². The van der Waals surface area contributed by atoms with Crippen molar-refractivity contribution in [3.8, 4) is 0 Å². The third-order valence-electron chi connectivity index (χ3n) is 4.31. The Labute approximate surface area is 153 Å². The molecule has 9 heteroatoms. The molecule has 1 aliphatic rings. The first kappa shape index (κ1) is 18.5. The van der Waals surface area contributed by atoms with Gasteiger partial charge in [0.15, 0.2) is 5.13 Å². The van der Waals surface area contributed by atoms with Crippen LogP contribution < -0.4 is 10.2 Å². The predicted molar refractivity (Wildman–Crippen MR) is 94.3 cm³/mol. The number of anilines is 1. The van der Waals surface area contributed by atoms with Crippen LogP contribution in [0.4, 0.5) is 23.1 Å². The van der Waals surface area contributed by atoms with Crippen LogP contribution in [0.1, 0.15) is 24.1 Å². The van der Waals surface area contributed by atoms with Crippen LogP contribution in [-0.2, 0) is 6.18 Å². The third kappa shape index (κ3) is 4.27. The van der Waals surface area contributed by atoms with Gasteiger partial charge in [0.25, 0.3) is 0 Å². The maximum atomic E-state index is 12.8. The number of carbonyl (C=O) groups excluding carboxylic acids is 1. The number of rotatable bonds is 3. The molecular formula is C17H19F3N4OS. The maximum absolute atomic E-state index is 12.8. The van der Waals surface area contributed by atoms with Gasteiger partial charge in [0, 0.05) is 37.8 Å². The van der Waals surface area contributed by atoms with Crippen molar-refractivity contribution in [2.45, 2.75) is 19.1 Å². The Morgan fingerprint density at radius 2 is 2.00 bits per heavy atom. The molecular weight excluding hydrogens is 365 g/mol. The highest BCUT2D eigenvalue weighted by Crippen LogP contribution is 2.30. The highest BCUT2D eigenvalue weighted by atomic mass is 32.1. The van der Waals surface area contributed by atoms with E-state index in [2.05, 4.69) is 15.2 Å². The van der Waals surface area contributed by atoms with Gasteiger partial charge in [-0.25, -0.2) is 9.78 Å². The topological polar surface area (TPSA) is 48.5 Å². The zero-order valence-corrected chi connectivity index (χ0v) is 15.0. The molecule has 0 aliphatic carbocycles. The number of benzene rings is 1. The minimum absolute atomic E-state index is 0.270. The van der Waals surface area contributed by atoms with Gasteiger partial charge >= 0.3 is 12.2 Å². The number of alkyl halides is 3. The van der Waals surface area contributed by atoms with Crippen LogP contribution in [0.2, 0.25) is 0 Å². The Hall–Kier alpha value is -2.29. The van der Waals surface area contributed by atoms with Crippen molar-refractivity contribution < 1.29 is 18.0 Å². The SMILES string of the molecule is CC(NC(=O)N1CCN(c2nccs2)CC1)c1cccc(C(F)(F)F)c1. The zero-order chi connectivity index (χ0) is 18.7. The Bertz CT molecular complexity index is 743. The lowest BCUT2D eigenvalue weighted by Gasteiger charge is -2.35. The van der Waals surface area contributed by atoms with E-state index in [1.54, 1.807) is 35.4 Å². The molecule has 1 N–H and O–H groups in total. The second-order valence-corrected chi connectivity index (χ2v) is 6.96. The van der Waals surface area contributed by atoms with Gasteiger partial charge in [-0.1, -0.05) is 12.1 Å². The fraction of sp³-hybridized carbons (Fsp3) is 0.412. The molecule has 2 aromatic rings. The highest BCUT2D eigenvalue weighted by molar-refractivity contribution is 7.13. The number of thiazole rings is 1. The van der Waals surface area contributed by atoms with Crippen molar-refractivity contribution in [1.82, 2.24) is 15.2 Å². The molecule has 140 valence electrons. The Morgan fingerprint density at radius 3 is 2.62 bits per heavy atom. The molecule has 0 radical (unpaired) electrons. The Balaban J connectivity index is 1.57. The Morgan fingerprint density at radius 1 is 1.27 bits per heavy atom. The van der Waals surface area contributed by atoms with Gasteiger partial charge in [-0.3, -0.25) is 0 Å². The quantitative estimate of drug-likeness (QED) is 0.877. The minimum atomic E-state index is -4.40. The minimum Gasteiger partial charge on any atom is -0.345 e. The number of carbonyl (C=O) groups is 1. The monoisotopic (exact) mass is 384 g/mol. The Kier molecular flexibility index (Phi) is 5.36. The highest BCUT2D eigenvalue weighted by Gasteiger charge is 2.31. The maximum Gasteiger partial charge on any atom is 0.416 e. The number of aromatic nitrogens is 1. The number of amides is 2. The smallest absolute Gasteiger partial charge is 0.345 e. The van der Waals surface area contributed by atoms with Gasteiger partial charge in [0.05, 0.1) is 11.6 Å². The lowest BCUT2D eigenvalue weighted by Crippen LogP contribution is -2.52. The number of urea groups is 1. The van der Waals surface area contributed by atoms with E-state index in [-0.39, 0.29) is 6.03 Å². The summed E-state index contributed by atoms with van der Waals surface area (Å²) in [6.07, 6.45) is -2.65. The van der Waals surface area contributed by atoms with Gasteiger partial charge in [0.1, 0.15) is 0 Å². The molecule has 2 heterocycles. The second-order valence-electron chi connectivity index (χ2n) is 6.08. The number of hydrogen-bond acceptors (Lipinski definition) is 4. The number of halogens is 3. The molecule has 1 atom stereocenters. The van der Waals surface area contributed by atoms with E-state index in [1.807, 2.05) is 5.38 Å². The number of nitrogens with one attached hydrogen (secondary N) is 1. The summed E-state index contributed by atoms with van der Waals surface area (Å²) in [4.78, 5) is 20.5. The van der Waals surface area contributed by atoms with E-state index in [1.165, 1.54) is 6.07 Å². The molecule has 2 amide bonds. The third-order valence-corrected chi connectivity index (χ3v) is 5.14. The molecule has 0 spiro atoms. The van der Waals surface area contributed by atoms with Gasteiger partial charge in [-0.15, -0.1) is 11.3 Å². The average Bonchev–Trinajstić information content (AvgIpc) is 3.16. The summed E-state index contributed by atoms with van der Waals surface area (Å²) >= 11 is 1.55. The van der Waals surface area contributed by atoms with E-state index in [0.717, 1.165) is 17.3 Å². The van der Waals surface area contributed by atoms with Crippen LogP contribution in [0.15, 0.2) is 35.8 Å². The van der Waals surface area contributed by atoms with Crippen LogP contribution in [0, 0.1) is 0 Å². The number of piperazine rings is 1. The first-order chi connectivity index (χ1) is 12.3. The van der Waals surface area contributed by atoms with Crippen molar-refractivity contribution in [1.29, 1.82) is 0 Å². The number of hydrogen-bond donors (Lipinski definition) is 1. The molecule has 0 saturated carbocycles. The molecule has 1 aliphatic heterocycles. The van der Waals surface area contributed by atoms with Crippen LogP contribution in [0.25, 0.3) is 0 Å². The lowest BCUT2D eigenvalue weighted by molar-refractivity contribution is -0.137. The van der Waals surface area contributed by atoms with Crippen LogP contribution in [-0.4, -0.2) is 42.1 Å². The second kappa shape index (κ2) is 7.53. The summed E-state index contributed by atoms with van der Waals surface area (Å²) in [5.41, 5.74) is -0.289. The fourth-order valence-electron chi connectivity index (χ4n) is 2.82. The number of nitrogens with zero attached hydrogens (tertiary/aromatic N) is 3. The molecule has 0 bridgehead atoms. The first-order valence-corrected chi connectivity index (χ1v) is 9.09. The van der Waals surface area contributed by atoms with Gasteiger partial charge in [-0.05, 0) is 24.6 Å². The zero-order valence-electron chi connectivity index (χ0n) is 14.2. The molecule has 3 rings (SSSR count). The van der Waals surface area contributed by atoms with E-state index in [0.29, 0.717) is 31.7 Å². The van der Waals surface area contributed by atoms with Gasteiger partial charge in [0.2, 0.25) is 0 Å². The standard InChI is InChI=1S/C17H19F3N4OS/c1-12(13-3-2-4-14(11-13)17(18,19)20)22-15(25)23-6-8-24(9-7-23)16-21-5-10-26-16/h2-5,10-12H,6-9H2,1H3,(H,22,25). The van der Waals surface area contributed by atoms with Crippen molar-refractivity contribution in [2.75, 3.05) is 31.1 Å². The van der Waals surface area contributed by atoms with Crippen LogP contribution >= 0.6 is 11.3 Å². The van der Waals surface area contributed by atoms with Crippen LogP contribution in [0.5, 0.6) is 0 Å². The van der Waals surface area contributed by atoms with Crippen molar-refractivity contribution in [3.63, 3.8) is 0 Å².